The maximum absolute atomic E-state index is 13.1. The third-order valence-electron chi connectivity index (χ3n) is 7.80. The van der Waals surface area contributed by atoms with Gasteiger partial charge < -0.3 is 20.1 Å². The highest BCUT2D eigenvalue weighted by molar-refractivity contribution is 6.06. The molecule has 4 saturated carbocycles. The quantitative estimate of drug-likeness (QED) is 0.547. The van der Waals surface area contributed by atoms with E-state index in [0.29, 0.717) is 29.9 Å². The van der Waals surface area contributed by atoms with E-state index in [9.17, 15) is 9.90 Å². The van der Waals surface area contributed by atoms with Gasteiger partial charge in [0.25, 0.3) is 5.91 Å². The minimum atomic E-state index is -0.482. The minimum absolute atomic E-state index is 0.256. The maximum atomic E-state index is 13.1. The maximum Gasteiger partial charge on any atom is 0.278 e. The van der Waals surface area contributed by atoms with E-state index < -0.39 is 11.9 Å². The number of hydroxylamine groups is 1. The Bertz CT molecular complexity index is 969. The molecule has 0 spiro atoms. The van der Waals surface area contributed by atoms with Gasteiger partial charge in [0.15, 0.2) is 6.29 Å². The number of ether oxygens (including phenoxy) is 1. The lowest BCUT2D eigenvalue weighted by molar-refractivity contribution is -0.186. The Morgan fingerprint density at radius 3 is 2.84 bits per heavy atom. The van der Waals surface area contributed by atoms with E-state index >= 15 is 0 Å². The highest BCUT2D eigenvalue weighted by Crippen LogP contribution is 2.56. The summed E-state index contributed by atoms with van der Waals surface area (Å²) in [5, 5.41) is 15.6. The third-order valence-corrected chi connectivity index (χ3v) is 7.80. The van der Waals surface area contributed by atoms with Crippen LogP contribution in [0.5, 0.6) is 0 Å². The number of nitrogens with zero attached hydrogens (tertiary/aromatic N) is 1. The Hall–Kier alpha value is -2.16. The Morgan fingerprint density at radius 1 is 1.26 bits per heavy atom. The predicted octanol–water partition coefficient (Wildman–Crippen LogP) is 3.10. The summed E-state index contributed by atoms with van der Waals surface area (Å²) in [6.45, 7) is 0.655. The zero-order valence-electron chi connectivity index (χ0n) is 17.6. The van der Waals surface area contributed by atoms with Crippen molar-refractivity contribution in [3.63, 3.8) is 0 Å². The van der Waals surface area contributed by atoms with Crippen molar-refractivity contribution in [3.05, 3.63) is 24.0 Å². The van der Waals surface area contributed by atoms with Crippen LogP contribution in [-0.4, -0.2) is 45.5 Å². The monoisotopic (exact) mass is 426 g/mol. The summed E-state index contributed by atoms with van der Waals surface area (Å²) in [6, 6.07) is 2.21. The number of carbonyl (C=O) groups excluding carboxylic acids is 1. The molecule has 31 heavy (non-hydrogen) atoms. The predicted molar refractivity (Wildman–Crippen MR) is 114 cm³/mol. The van der Waals surface area contributed by atoms with Crippen molar-refractivity contribution >= 4 is 22.6 Å². The van der Waals surface area contributed by atoms with Gasteiger partial charge in [-0.05, 0) is 68.8 Å². The van der Waals surface area contributed by atoms with E-state index in [0.717, 1.165) is 68.1 Å². The van der Waals surface area contributed by atoms with Crippen LogP contribution in [0.25, 0.3) is 11.0 Å². The van der Waals surface area contributed by atoms with Crippen molar-refractivity contribution in [1.82, 2.24) is 15.4 Å². The molecular formula is C23H30N4O4. The fraction of sp³-hybridized carbons (Fsp3) is 0.652. The van der Waals surface area contributed by atoms with E-state index in [1.54, 1.807) is 6.20 Å². The molecule has 2 aromatic rings. The van der Waals surface area contributed by atoms with Crippen LogP contribution in [-0.2, 0) is 9.57 Å². The number of rotatable bonds is 5. The number of amides is 1. The average molecular weight is 427 g/mol. The molecular weight excluding hydrogens is 396 g/mol. The smallest absolute Gasteiger partial charge is 0.278 e. The summed E-state index contributed by atoms with van der Waals surface area (Å²) in [7, 11) is 0. The molecule has 8 nitrogen and oxygen atoms in total. The first-order chi connectivity index (χ1) is 15.1. The number of hydrogen-bond donors (Lipinski definition) is 4. The molecule has 4 aliphatic carbocycles. The molecule has 1 amide bonds. The summed E-state index contributed by atoms with van der Waals surface area (Å²) in [6.07, 6.45) is 10.8. The molecule has 2 aromatic heterocycles. The first-order valence-corrected chi connectivity index (χ1v) is 11.6. The number of pyridine rings is 1. The fourth-order valence-corrected chi connectivity index (χ4v) is 6.70. The Labute approximate surface area is 181 Å². The van der Waals surface area contributed by atoms with Gasteiger partial charge in [-0.1, -0.05) is 0 Å². The lowest BCUT2D eigenvalue weighted by Gasteiger charge is -2.58. The molecule has 5 fully saturated rings. The number of H-pyrrole nitrogens is 1. The third kappa shape index (κ3) is 3.50. The highest BCUT2D eigenvalue weighted by atomic mass is 16.8. The fourth-order valence-electron chi connectivity index (χ4n) is 6.70. The second-order valence-electron chi connectivity index (χ2n) is 10.00. The van der Waals surface area contributed by atoms with Crippen LogP contribution in [0.4, 0.5) is 5.69 Å². The van der Waals surface area contributed by atoms with E-state index in [1.807, 2.05) is 12.3 Å². The number of hydrogen-bond acceptors (Lipinski definition) is 6. The Morgan fingerprint density at radius 2 is 2.10 bits per heavy atom. The van der Waals surface area contributed by atoms with Gasteiger partial charge in [-0.2, -0.15) is 0 Å². The SMILES string of the molecule is O=C(NOC1CCCCO1)c1cnc2[nH]ccc2c1NC1C2CC3CC1CC(O)(C3)C2. The van der Waals surface area contributed by atoms with Gasteiger partial charge in [-0.25, -0.2) is 15.3 Å². The standard InChI is InChI=1S/C23H30N4O4/c28-22(27-31-18-3-1-2-6-30-18)17-12-25-21-16(4-5-24-21)20(17)26-19-14-7-13-8-15(19)11-23(29,9-13)10-14/h4-5,12-15,18-19,29H,1-3,6-11H2,(H,27,28)(H2,24,25,26). The van der Waals surface area contributed by atoms with E-state index in [4.69, 9.17) is 9.57 Å². The van der Waals surface area contributed by atoms with Crippen LogP contribution in [0.1, 0.15) is 61.7 Å². The topological polar surface area (TPSA) is 109 Å². The molecule has 7 rings (SSSR count). The van der Waals surface area contributed by atoms with Crippen LogP contribution in [0.2, 0.25) is 0 Å². The Balaban J connectivity index is 1.26. The van der Waals surface area contributed by atoms with Gasteiger partial charge in [-0.3, -0.25) is 4.79 Å². The van der Waals surface area contributed by atoms with Crippen molar-refractivity contribution in [2.75, 3.05) is 11.9 Å². The largest absolute Gasteiger partial charge is 0.390 e. The number of aromatic amines is 1. The molecule has 5 aliphatic rings. The first-order valence-electron chi connectivity index (χ1n) is 11.6. The molecule has 3 heterocycles. The van der Waals surface area contributed by atoms with Crippen LogP contribution in [0.3, 0.4) is 0 Å². The summed E-state index contributed by atoms with van der Waals surface area (Å²) in [4.78, 5) is 26.2. The number of nitrogens with one attached hydrogen (secondary N) is 3. The molecule has 4 bridgehead atoms. The van der Waals surface area contributed by atoms with Crippen LogP contribution >= 0.6 is 0 Å². The second kappa shape index (κ2) is 7.46. The normalized spacial score (nSPS) is 36.6. The molecule has 0 aromatic carbocycles. The van der Waals surface area contributed by atoms with Crippen LogP contribution in [0.15, 0.2) is 18.5 Å². The van der Waals surface area contributed by atoms with E-state index in [1.165, 1.54) is 0 Å². The van der Waals surface area contributed by atoms with Gasteiger partial charge >= 0.3 is 0 Å². The van der Waals surface area contributed by atoms with Crippen LogP contribution in [0, 0.1) is 17.8 Å². The number of anilines is 1. The first kappa shape index (κ1) is 19.5. The average Bonchev–Trinajstić information content (AvgIpc) is 3.23. The van der Waals surface area contributed by atoms with Crippen molar-refractivity contribution in [2.24, 2.45) is 17.8 Å². The van der Waals surface area contributed by atoms with Crippen molar-refractivity contribution in [1.29, 1.82) is 0 Å². The van der Waals surface area contributed by atoms with E-state index in [-0.39, 0.29) is 11.9 Å². The van der Waals surface area contributed by atoms with Gasteiger partial charge in [-0.15, -0.1) is 0 Å². The molecule has 4 N–H and O–H groups in total. The molecule has 3 unspecified atom stereocenters. The number of fused-ring (bicyclic) bond motifs is 1. The molecule has 0 radical (unpaired) electrons. The van der Waals surface area contributed by atoms with Gasteiger partial charge in [0.05, 0.1) is 16.9 Å². The van der Waals surface area contributed by atoms with Gasteiger partial charge in [0.1, 0.15) is 5.65 Å². The number of carbonyl (C=O) groups is 1. The lowest BCUT2D eigenvalue weighted by Crippen LogP contribution is -2.59. The zero-order chi connectivity index (χ0) is 21.0. The van der Waals surface area contributed by atoms with Gasteiger partial charge in [0, 0.05) is 36.8 Å². The van der Waals surface area contributed by atoms with Crippen molar-refractivity contribution in [3.8, 4) is 0 Å². The number of aliphatic hydroxyl groups is 1. The summed E-state index contributed by atoms with van der Waals surface area (Å²) in [5.41, 5.74) is 4.11. The molecule has 166 valence electrons. The summed E-state index contributed by atoms with van der Waals surface area (Å²) >= 11 is 0. The molecule has 3 atom stereocenters. The van der Waals surface area contributed by atoms with Crippen LogP contribution < -0.4 is 10.8 Å². The minimum Gasteiger partial charge on any atom is -0.390 e. The lowest BCUT2D eigenvalue weighted by atomic mass is 9.52. The van der Waals surface area contributed by atoms with Gasteiger partial charge in [0.2, 0.25) is 0 Å². The number of aromatic nitrogens is 2. The molecule has 1 saturated heterocycles. The summed E-state index contributed by atoms with van der Waals surface area (Å²) < 4.78 is 5.55. The second-order valence-corrected chi connectivity index (χ2v) is 10.00. The summed E-state index contributed by atoms with van der Waals surface area (Å²) in [5.74, 6) is 1.18. The molecule has 1 aliphatic heterocycles. The van der Waals surface area contributed by atoms with E-state index in [2.05, 4.69) is 20.8 Å². The zero-order valence-corrected chi connectivity index (χ0v) is 17.6. The Kier molecular flexibility index (Phi) is 4.70. The van der Waals surface area contributed by atoms with Crippen molar-refractivity contribution < 1.29 is 19.5 Å². The highest BCUT2D eigenvalue weighted by Gasteiger charge is 2.54. The molecule has 8 heteroatoms. The van der Waals surface area contributed by atoms with Crippen molar-refractivity contribution in [2.45, 2.75) is 69.3 Å².